The van der Waals surface area contributed by atoms with E-state index in [2.05, 4.69) is 64.0 Å². The Morgan fingerprint density at radius 1 is 1.16 bits per heavy atom. The second-order valence-electron chi connectivity index (χ2n) is 8.85. The van der Waals surface area contributed by atoms with Gasteiger partial charge in [-0.3, -0.25) is 9.89 Å². The Morgan fingerprint density at radius 2 is 1.91 bits per heavy atom. The summed E-state index contributed by atoms with van der Waals surface area (Å²) in [6.45, 7) is 3.02. The number of aromatic nitrogens is 2. The van der Waals surface area contributed by atoms with Crippen molar-refractivity contribution < 1.29 is 4.79 Å². The molecule has 32 heavy (non-hydrogen) atoms. The number of amides is 1. The largest absolute Gasteiger partial charge is 0.341 e. The molecule has 0 atom stereocenters. The van der Waals surface area contributed by atoms with Crippen LogP contribution in [0, 0.1) is 0 Å². The van der Waals surface area contributed by atoms with Crippen LogP contribution in [0.3, 0.4) is 0 Å². The zero-order valence-electron chi connectivity index (χ0n) is 18.6. The fraction of sp³-hybridized carbons (Fsp3) is 0.360. The molecule has 1 aliphatic rings. The van der Waals surface area contributed by atoms with Gasteiger partial charge in [0.15, 0.2) is 0 Å². The third kappa shape index (κ3) is 4.28. The summed E-state index contributed by atoms with van der Waals surface area (Å²) in [7, 11) is 3.88. The Labute approximate surface area is 192 Å². The third-order valence-electron chi connectivity index (χ3n) is 6.21. The van der Waals surface area contributed by atoms with E-state index in [1.54, 1.807) is 11.3 Å². The molecule has 1 amide bonds. The van der Waals surface area contributed by atoms with Crippen molar-refractivity contribution in [1.82, 2.24) is 25.3 Å². The van der Waals surface area contributed by atoms with Gasteiger partial charge in [0, 0.05) is 41.3 Å². The number of likely N-dealkylation sites (tertiary alicyclic amines) is 1. The average molecular weight is 448 g/mol. The van der Waals surface area contributed by atoms with Gasteiger partial charge in [0.05, 0.1) is 16.8 Å². The van der Waals surface area contributed by atoms with Crippen molar-refractivity contribution in [3.8, 4) is 11.3 Å². The Balaban J connectivity index is 1.19. The molecule has 2 aromatic carbocycles. The summed E-state index contributed by atoms with van der Waals surface area (Å²) in [6, 6.07) is 17.6. The number of likely N-dealkylation sites (N-methyl/N-ethyl adjacent to an activating group) is 1. The number of benzene rings is 2. The minimum Gasteiger partial charge on any atom is -0.341 e. The average Bonchev–Trinajstić information content (AvgIpc) is 3.37. The van der Waals surface area contributed by atoms with E-state index in [9.17, 15) is 4.79 Å². The molecule has 4 aromatic rings. The van der Waals surface area contributed by atoms with Gasteiger partial charge in [-0.15, -0.1) is 11.3 Å². The zero-order chi connectivity index (χ0) is 22.1. The normalized spacial score (nSPS) is 15.3. The van der Waals surface area contributed by atoms with E-state index in [-0.39, 0.29) is 5.91 Å². The first-order valence-electron chi connectivity index (χ1n) is 11.2. The van der Waals surface area contributed by atoms with Crippen LogP contribution in [0.5, 0.6) is 0 Å². The van der Waals surface area contributed by atoms with Crippen molar-refractivity contribution in [2.24, 2.45) is 0 Å². The molecule has 5 rings (SSSR count). The SMILES string of the molecule is CN(C)CC(=O)N1CCC(NCc2ccc(-c3n[nH]c4c3sc3ccccc34)cc2)CC1. The van der Waals surface area contributed by atoms with Crippen molar-refractivity contribution in [2.75, 3.05) is 33.7 Å². The third-order valence-corrected chi connectivity index (χ3v) is 7.39. The van der Waals surface area contributed by atoms with Crippen molar-refractivity contribution in [3.63, 3.8) is 0 Å². The first kappa shape index (κ1) is 21.1. The highest BCUT2D eigenvalue weighted by Crippen LogP contribution is 2.38. The molecular weight excluding hydrogens is 418 g/mol. The second-order valence-corrected chi connectivity index (χ2v) is 9.90. The molecule has 0 unspecified atom stereocenters. The molecule has 3 heterocycles. The van der Waals surface area contributed by atoms with Crippen LogP contribution in [0.4, 0.5) is 0 Å². The molecule has 0 spiro atoms. The molecule has 0 saturated carbocycles. The Hall–Kier alpha value is -2.74. The summed E-state index contributed by atoms with van der Waals surface area (Å²) < 4.78 is 2.50. The fourth-order valence-electron chi connectivity index (χ4n) is 4.43. The number of H-pyrrole nitrogens is 1. The number of hydrogen-bond donors (Lipinski definition) is 2. The van der Waals surface area contributed by atoms with Crippen LogP contribution in [-0.2, 0) is 11.3 Å². The number of rotatable bonds is 6. The topological polar surface area (TPSA) is 64.3 Å². The number of hydrogen-bond acceptors (Lipinski definition) is 5. The summed E-state index contributed by atoms with van der Waals surface area (Å²) in [5, 5.41) is 12.7. The molecule has 2 N–H and O–H groups in total. The first-order chi connectivity index (χ1) is 15.6. The van der Waals surface area contributed by atoms with Gasteiger partial charge in [-0.2, -0.15) is 5.10 Å². The van der Waals surface area contributed by atoms with E-state index in [1.165, 1.54) is 20.3 Å². The van der Waals surface area contributed by atoms with Gasteiger partial charge in [0.2, 0.25) is 5.91 Å². The van der Waals surface area contributed by atoms with E-state index in [0.29, 0.717) is 12.6 Å². The Morgan fingerprint density at radius 3 is 2.66 bits per heavy atom. The van der Waals surface area contributed by atoms with Crippen molar-refractivity contribution in [2.45, 2.75) is 25.4 Å². The van der Waals surface area contributed by atoms with Crippen molar-refractivity contribution >= 4 is 37.5 Å². The number of thiophene rings is 1. The smallest absolute Gasteiger partial charge is 0.236 e. The maximum atomic E-state index is 12.2. The molecule has 0 bridgehead atoms. The van der Waals surface area contributed by atoms with Crippen LogP contribution in [0.25, 0.3) is 31.6 Å². The molecule has 6 nitrogen and oxygen atoms in total. The van der Waals surface area contributed by atoms with Gasteiger partial charge in [0.25, 0.3) is 0 Å². The number of carbonyl (C=O) groups is 1. The lowest BCUT2D eigenvalue weighted by molar-refractivity contribution is -0.132. The van der Waals surface area contributed by atoms with E-state index in [0.717, 1.165) is 49.2 Å². The highest BCUT2D eigenvalue weighted by Gasteiger charge is 2.22. The van der Waals surface area contributed by atoms with Crippen molar-refractivity contribution in [1.29, 1.82) is 0 Å². The van der Waals surface area contributed by atoms with E-state index in [1.807, 2.05) is 23.9 Å². The number of nitrogens with one attached hydrogen (secondary N) is 2. The maximum Gasteiger partial charge on any atom is 0.236 e. The van der Waals surface area contributed by atoms with Crippen LogP contribution in [0.2, 0.25) is 0 Å². The molecule has 2 aromatic heterocycles. The lowest BCUT2D eigenvalue weighted by Crippen LogP contribution is -2.47. The number of nitrogens with zero attached hydrogens (tertiary/aromatic N) is 3. The van der Waals surface area contributed by atoms with Crippen molar-refractivity contribution in [3.05, 3.63) is 54.1 Å². The van der Waals surface area contributed by atoms with Crippen LogP contribution in [0.15, 0.2) is 48.5 Å². The fourth-order valence-corrected chi connectivity index (χ4v) is 5.59. The maximum absolute atomic E-state index is 12.2. The Bertz CT molecular complexity index is 1220. The summed E-state index contributed by atoms with van der Waals surface area (Å²) in [4.78, 5) is 16.1. The molecule has 0 aliphatic carbocycles. The highest BCUT2D eigenvalue weighted by molar-refractivity contribution is 7.26. The van der Waals surface area contributed by atoms with E-state index >= 15 is 0 Å². The molecule has 1 aliphatic heterocycles. The molecular formula is C25H29N5OS. The molecule has 7 heteroatoms. The quantitative estimate of drug-likeness (QED) is 0.467. The molecule has 166 valence electrons. The predicted molar refractivity (Wildman–Crippen MR) is 132 cm³/mol. The lowest BCUT2D eigenvalue weighted by Gasteiger charge is -2.33. The van der Waals surface area contributed by atoms with Crippen LogP contribution < -0.4 is 5.32 Å². The number of piperidine rings is 1. The lowest BCUT2D eigenvalue weighted by atomic mass is 10.0. The first-order valence-corrected chi connectivity index (χ1v) is 12.0. The summed E-state index contributed by atoms with van der Waals surface area (Å²) in [5.41, 5.74) is 4.56. The van der Waals surface area contributed by atoms with Gasteiger partial charge < -0.3 is 15.1 Å². The molecule has 1 saturated heterocycles. The minimum absolute atomic E-state index is 0.232. The van der Waals surface area contributed by atoms with Gasteiger partial charge in [0.1, 0.15) is 5.69 Å². The number of carbonyl (C=O) groups excluding carboxylic acids is 1. The summed E-state index contributed by atoms with van der Waals surface area (Å²) in [5.74, 6) is 0.232. The summed E-state index contributed by atoms with van der Waals surface area (Å²) in [6.07, 6.45) is 2.02. The van der Waals surface area contributed by atoms with Gasteiger partial charge in [-0.1, -0.05) is 42.5 Å². The number of fused-ring (bicyclic) bond motifs is 3. The zero-order valence-corrected chi connectivity index (χ0v) is 19.4. The highest BCUT2D eigenvalue weighted by atomic mass is 32.1. The van der Waals surface area contributed by atoms with Gasteiger partial charge in [-0.05, 0) is 38.6 Å². The standard InChI is InChI=1S/C25H29N5OS/c1-29(2)16-22(31)30-13-11-19(12-14-30)26-15-17-7-9-18(10-8-17)23-25-24(28-27-23)20-5-3-4-6-21(20)32-25/h3-10,19,26H,11-16H2,1-2H3,(H,27,28). The van der Waals surface area contributed by atoms with Crippen LogP contribution >= 0.6 is 11.3 Å². The van der Waals surface area contributed by atoms with Crippen LogP contribution in [0.1, 0.15) is 18.4 Å². The van der Waals surface area contributed by atoms with Crippen LogP contribution in [-0.4, -0.2) is 65.7 Å². The van der Waals surface area contributed by atoms with Gasteiger partial charge in [-0.25, -0.2) is 0 Å². The monoisotopic (exact) mass is 447 g/mol. The van der Waals surface area contributed by atoms with Gasteiger partial charge >= 0.3 is 0 Å². The molecule has 1 fully saturated rings. The summed E-state index contributed by atoms with van der Waals surface area (Å²) >= 11 is 1.79. The second kappa shape index (κ2) is 9.02. The van der Waals surface area contributed by atoms with E-state index in [4.69, 9.17) is 0 Å². The number of aromatic amines is 1. The van der Waals surface area contributed by atoms with E-state index < -0.39 is 0 Å². The predicted octanol–water partition coefficient (Wildman–Crippen LogP) is 4.09. The minimum atomic E-state index is 0.232. The molecule has 0 radical (unpaired) electrons. The Kier molecular flexibility index (Phi) is 5.95.